The molecule has 1 aliphatic carbocycles. The number of nitrogens with two attached hydrogens (primary N) is 1. The largest absolute Gasteiger partial charge is 0.476 e. The zero-order chi connectivity index (χ0) is 13.7. The first-order valence-electron chi connectivity index (χ1n) is 6.77. The first kappa shape index (κ1) is 14.2. The molecule has 0 spiro atoms. The topological polar surface area (TPSA) is 73.1 Å². The van der Waals surface area contributed by atoms with Crippen molar-refractivity contribution in [3.8, 4) is 5.88 Å². The van der Waals surface area contributed by atoms with Gasteiger partial charge in [-0.1, -0.05) is 6.42 Å². The average molecular weight is 282 g/mol. The number of aromatic nitrogens is 2. The number of anilines is 2. The third kappa shape index (κ3) is 3.65. The lowest BCUT2D eigenvalue weighted by Crippen LogP contribution is -2.29. The van der Waals surface area contributed by atoms with Crippen molar-refractivity contribution in [3.63, 3.8) is 0 Å². The predicted molar refractivity (Wildman–Crippen MR) is 80.8 cm³/mol. The van der Waals surface area contributed by atoms with Gasteiger partial charge in [-0.2, -0.15) is 16.7 Å². The van der Waals surface area contributed by atoms with Crippen LogP contribution in [-0.4, -0.2) is 34.1 Å². The van der Waals surface area contributed by atoms with Crippen LogP contribution in [0.1, 0.15) is 32.6 Å². The summed E-state index contributed by atoms with van der Waals surface area (Å²) in [7, 11) is 0. The Hall–Kier alpha value is -1.17. The van der Waals surface area contributed by atoms with Crippen LogP contribution in [0.2, 0.25) is 0 Å². The Bertz CT molecular complexity index is 416. The van der Waals surface area contributed by atoms with Gasteiger partial charge >= 0.3 is 0 Å². The molecule has 106 valence electrons. The van der Waals surface area contributed by atoms with Crippen molar-refractivity contribution in [2.24, 2.45) is 0 Å². The summed E-state index contributed by atoms with van der Waals surface area (Å²) in [6.07, 6.45) is 8.58. The summed E-state index contributed by atoms with van der Waals surface area (Å²) in [5, 5.41) is 4.18. The lowest BCUT2D eigenvalue weighted by atomic mass is 9.95. The van der Waals surface area contributed by atoms with Crippen LogP contribution < -0.4 is 15.8 Å². The third-order valence-electron chi connectivity index (χ3n) is 3.43. The molecule has 0 aliphatic heterocycles. The standard InChI is InChI=1S/C13H22N4OS/c1-3-18-13-11(14)12(15-8-16-13)17-9-5-4-6-10(7-9)19-2/h8-10H,3-7,14H2,1-2H3,(H,15,16,17). The first-order valence-corrected chi connectivity index (χ1v) is 8.06. The molecule has 1 heterocycles. The first-order chi connectivity index (χ1) is 9.24. The van der Waals surface area contributed by atoms with Gasteiger partial charge in [0.05, 0.1) is 6.61 Å². The second kappa shape index (κ2) is 6.84. The van der Waals surface area contributed by atoms with Crippen molar-refractivity contribution < 1.29 is 4.74 Å². The summed E-state index contributed by atoms with van der Waals surface area (Å²) in [5.41, 5.74) is 6.55. The molecule has 1 aromatic heterocycles. The van der Waals surface area contributed by atoms with Crippen molar-refractivity contribution in [2.75, 3.05) is 23.9 Å². The van der Waals surface area contributed by atoms with Gasteiger partial charge in [0.2, 0.25) is 5.88 Å². The van der Waals surface area contributed by atoms with Crippen LogP contribution in [0, 0.1) is 0 Å². The number of ether oxygens (including phenoxy) is 1. The Kier molecular flexibility index (Phi) is 5.13. The number of nitrogens with zero attached hydrogens (tertiary/aromatic N) is 2. The van der Waals surface area contributed by atoms with E-state index < -0.39 is 0 Å². The van der Waals surface area contributed by atoms with Gasteiger partial charge < -0.3 is 15.8 Å². The predicted octanol–water partition coefficient (Wildman–Crippen LogP) is 2.54. The zero-order valence-corrected chi connectivity index (χ0v) is 12.4. The average Bonchev–Trinajstić information content (AvgIpc) is 2.44. The van der Waals surface area contributed by atoms with Crippen molar-refractivity contribution in [1.29, 1.82) is 0 Å². The van der Waals surface area contributed by atoms with Gasteiger partial charge in [-0.25, -0.2) is 4.98 Å². The number of rotatable bonds is 5. The van der Waals surface area contributed by atoms with E-state index in [1.54, 1.807) is 0 Å². The van der Waals surface area contributed by atoms with E-state index in [2.05, 4.69) is 21.5 Å². The van der Waals surface area contributed by atoms with Gasteiger partial charge in [0.15, 0.2) is 5.82 Å². The molecule has 0 amide bonds. The quantitative estimate of drug-likeness (QED) is 0.864. The SMILES string of the molecule is CCOc1ncnc(NC2CCCC(SC)C2)c1N. The van der Waals surface area contributed by atoms with E-state index >= 15 is 0 Å². The highest BCUT2D eigenvalue weighted by Gasteiger charge is 2.22. The van der Waals surface area contributed by atoms with Crippen molar-refractivity contribution in [1.82, 2.24) is 9.97 Å². The summed E-state index contributed by atoms with van der Waals surface area (Å²) in [5.74, 6) is 1.17. The number of nitrogens with one attached hydrogen (secondary N) is 1. The van der Waals surface area contributed by atoms with Gasteiger partial charge in [-0.05, 0) is 32.4 Å². The summed E-state index contributed by atoms with van der Waals surface area (Å²) < 4.78 is 5.39. The van der Waals surface area contributed by atoms with Gasteiger partial charge in [0.25, 0.3) is 0 Å². The Morgan fingerprint density at radius 1 is 1.47 bits per heavy atom. The maximum atomic E-state index is 6.04. The smallest absolute Gasteiger partial charge is 0.242 e. The van der Waals surface area contributed by atoms with Crippen LogP contribution in [0.25, 0.3) is 0 Å². The molecule has 2 rings (SSSR count). The van der Waals surface area contributed by atoms with Gasteiger partial charge in [-0.3, -0.25) is 0 Å². The van der Waals surface area contributed by atoms with Gasteiger partial charge in [0.1, 0.15) is 12.0 Å². The molecule has 0 saturated heterocycles. The highest BCUT2D eigenvalue weighted by molar-refractivity contribution is 7.99. The van der Waals surface area contributed by atoms with Gasteiger partial charge in [-0.15, -0.1) is 0 Å². The molecule has 2 atom stereocenters. The monoisotopic (exact) mass is 282 g/mol. The normalized spacial score (nSPS) is 23.1. The molecule has 0 aromatic carbocycles. The molecule has 5 nitrogen and oxygen atoms in total. The maximum absolute atomic E-state index is 6.04. The minimum atomic E-state index is 0.442. The summed E-state index contributed by atoms with van der Waals surface area (Å²) in [6, 6.07) is 0.442. The molecule has 1 aromatic rings. The van der Waals surface area contributed by atoms with E-state index in [1.807, 2.05) is 18.7 Å². The lowest BCUT2D eigenvalue weighted by Gasteiger charge is -2.29. The fourth-order valence-corrected chi connectivity index (χ4v) is 3.26. The molecule has 1 aliphatic rings. The molecule has 1 fully saturated rings. The van der Waals surface area contributed by atoms with E-state index in [-0.39, 0.29) is 0 Å². The zero-order valence-electron chi connectivity index (χ0n) is 11.6. The third-order valence-corrected chi connectivity index (χ3v) is 4.52. The van der Waals surface area contributed by atoms with E-state index in [1.165, 1.54) is 25.6 Å². The Morgan fingerprint density at radius 2 is 2.32 bits per heavy atom. The lowest BCUT2D eigenvalue weighted by molar-refractivity contribution is 0.328. The van der Waals surface area contributed by atoms with E-state index in [4.69, 9.17) is 10.5 Å². The minimum absolute atomic E-state index is 0.442. The van der Waals surface area contributed by atoms with Crippen LogP contribution in [-0.2, 0) is 0 Å². The van der Waals surface area contributed by atoms with Gasteiger partial charge in [0, 0.05) is 11.3 Å². The van der Waals surface area contributed by atoms with E-state index in [9.17, 15) is 0 Å². The molecule has 6 heteroatoms. The number of hydrogen-bond acceptors (Lipinski definition) is 6. The molecule has 19 heavy (non-hydrogen) atoms. The Morgan fingerprint density at radius 3 is 3.05 bits per heavy atom. The van der Waals surface area contributed by atoms with Crippen LogP contribution in [0.15, 0.2) is 6.33 Å². The summed E-state index contributed by atoms with van der Waals surface area (Å²) in [6.45, 7) is 2.47. The minimum Gasteiger partial charge on any atom is -0.476 e. The molecular weight excluding hydrogens is 260 g/mol. The molecule has 1 saturated carbocycles. The number of thioether (sulfide) groups is 1. The fraction of sp³-hybridized carbons (Fsp3) is 0.692. The molecule has 2 unspecified atom stereocenters. The van der Waals surface area contributed by atoms with Crippen LogP contribution in [0.4, 0.5) is 11.5 Å². The van der Waals surface area contributed by atoms with Crippen molar-refractivity contribution in [3.05, 3.63) is 6.33 Å². The Labute approximate surface area is 118 Å². The highest BCUT2D eigenvalue weighted by Crippen LogP contribution is 2.31. The van der Waals surface area contributed by atoms with Crippen LogP contribution in [0.3, 0.4) is 0 Å². The van der Waals surface area contributed by atoms with Crippen LogP contribution in [0.5, 0.6) is 5.88 Å². The molecule has 0 bridgehead atoms. The molecule has 0 radical (unpaired) electrons. The van der Waals surface area contributed by atoms with E-state index in [0.717, 1.165) is 11.7 Å². The van der Waals surface area contributed by atoms with Crippen LogP contribution >= 0.6 is 11.8 Å². The maximum Gasteiger partial charge on any atom is 0.242 e. The Balaban J connectivity index is 2.04. The summed E-state index contributed by atoms with van der Waals surface area (Å²) >= 11 is 1.95. The second-order valence-electron chi connectivity index (χ2n) is 4.74. The number of nitrogen functional groups attached to an aromatic ring is 1. The molecular formula is C13H22N4OS. The van der Waals surface area contributed by atoms with Crippen molar-refractivity contribution >= 4 is 23.3 Å². The number of hydrogen-bond donors (Lipinski definition) is 2. The summed E-state index contributed by atoms with van der Waals surface area (Å²) in [4.78, 5) is 8.28. The second-order valence-corrected chi connectivity index (χ2v) is 5.88. The highest BCUT2D eigenvalue weighted by atomic mass is 32.2. The molecule has 3 N–H and O–H groups in total. The van der Waals surface area contributed by atoms with Crippen molar-refractivity contribution in [2.45, 2.75) is 43.9 Å². The fourth-order valence-electron chi connectivity index (χ4n) is 2.43. The van der Waals surface area contributed by atoms with E-state index in [0.29, 0.717) is 30.0 Å².